The summed E-state index contributed by atoms with van der Waals surface area (Å²) in [4.78, 5) is 15.3. The van der Waals surface area contributed by atoms with Crippen LogP contribution in [0.15, 0.2) is 4.99 Å². The highest BCUT2D eigenvalue weighted by Gasteiger charge is 2.09. The minimum absolute atomic E-state index is 0.0295. The standard InChI is InChI=1S/C8H10N2OS2/c1-2-3-9-7(11)6-13-8-10-4-5-12-8/h1H,3-6H2,(H,9,11). The Labute approximate surface area is 86.1 Å². The highest BCUT2D eigenvalue weighted by molar-refractivity contribution is 8.39. The Morgan fingerprint density at radius 1 is 1.85 bits per heavy atom. The number of carbonyl (C=O) groups is 1. The summed E-state index contributed by atoms with van der Waals surface area (Å²) >= 11 is 3.18. The van der Waals surface area contributed by atoms with Gasteiger partial charge in [-0.15, -0.1) is 6.42 Å². The van der Waals surface area contributed by atoms with Gasteiger partial charge in [-0.1, -0.05) is 29.4 Å². The van der Waals surface area contributed by atoms with Gasteiger partial charge in [-0.05, 0) is 0 Å². The van der Waals surface area contributed by atoms with Crippen molar-refractivity contribution in [3.8, 4) is 12.3 Å². The fraction of sp³-hybridized carbons (Fsp3) is 0.500. The van der Waals surface area contributed by atoms with Gasteiger partial charge in [0.2, 0.25) is 5.91 Å². The first kappa shape index (κ1) is 10.5. The van der Waals surface area contributed by atoms with Gasteiger partial charge in [0.15, 0.2) is 0 Å². The van der Waals surface area contributed by atoms with E-state index in [2.05, 4.69) is 16.2 Å². The summed E-state index contributed by atoms with van der Waals surface area (Å²) in [6, 6.07) is 0. The Kier molecular flexibility index (Phi) is 4.79. The molecule has 0 unspecified atom stereocenters. The molecule has 0 bridgehead atoms. The first-order valence-corrected chi connectivity index (χ1v) is 5.80. The quantitative estimate of drug-likeness (QED) is 0.698. The number of amides is 1. The number of nitrogens with one attached hydrogen (secondary N) is 1. The summed E-state index contributed by atoms with van der Waals surface area (Å²) in [6.45, 7) is 1.18. The number of aliphatic imine (C=N–C) groups is 1. The third-order valence-electron chi connectivity index (χ3n) is 1.27. The molecule has 0 aromatic heterocycles. The molecule has 0 spiro atoms. The predicted octanol–water partition coefficient (Wildman–Crippen LogP) is 0.572. The maximum atomic E-state index is 11.1. The molecule has 1 aliphatic heterocycles. The molecule has 3 nitrogen and oxygen atoms in total. The van der Waals surface area contributed by atoms with E-state index in [4.69, 9.17) is 6.42 Å². The van der Waals surface area contributed by atoms with Crippen LogP contribution in [0.2, 0.25) is 0 Å². The highest BCUT2D eigenvalue weighted by atomic mass is 32.2. The number of terminal acetylenes is 1. The average molecular weight is 214 g/mol. The molecule has 5 heteroatoms. The Morgan fingerprint density at radius 3 is 3.31 bits per heavy atom. The van der Waals surface area contributed by atoms with E-state index in [0.29, 0.717) is 12.3 Å². The summed E-state index contributed by atoms with van der Waals surface area (Å²) in [5.41, 5.74) is 0. The second-order valence-electron chi connectivity index (χ2n) is 2.27. The topological polar surface area (TPSA) is 41.5 Å². The fourth-order valence-corrected chi connectivity index (χ4v) is 2.57. The minimum Gasteiger partial charge on any atom is -0.344 e. The van der Waals surface area contributed by atoms with Crippen molar-refractivity contribution in [1.29, 1.82) is 0 Å². The van der Waals surface area contributed by atoms with Gasteiger partial charge in [0.25, 0.3) is 0 Å². The van der Waals surface area contributed by atoms with Gasteiger partial charge in [0.05, 0.1) is 18.8 Å². The molecular formula is C8H10N2OS2. The van der Waals surface area contributed by atoms with Gasteiger partial charge in [0.1, 0.15) is 4.38 Å². The molecule has 0 atom stereocenters. The van der Waals surface area contributed by atoms with Crippen molar-refractivity contribution in [3.05, 3.63) is 0 Å². The highest BCUT2D eigenvalue weighted by Crippen LogP contribution is 2.21. The van der Waals surface area contributed by atoms with E-state index >= 15 is 0 Å². The Bertz CT molecular complexity index is 257. The molecule has 0 saturated carbocycles. The van der Waals surface area contributed by atoms with Crippen LogP contribution in [-0.2, 0) is 4.79 Å². The largest absolute Gasteiger partial charge is 0.344 e. The van der Waals surface area contributed by atoms with Crippen LogP contribution in [0.1, 0.15) is 0 Å². The van der Waals surface area contributed by atoms with Gasteiger partial charge in [0, 0.05) is 5.75 Å². The molecule has 1 N–H and O–H groups in total. The molecule has 0 aromatic carbocycles. The molecule has 0 saturated heterocycles. The van der Waals surface area contributed by atoms with Crippen LogP contribution in [-0.4, -0.2) is 34.9 Å². The van der Waals surface area contributed by atoms with Crippen LogP contribution in [0, 0.1) is 12.3 Å². The molecule has 1 rings (SSSR count). The van der Waals surface area contributed by atoms with E-state index in [1.54, 1.807) is 11.8 Å². The van der Waals surface area contributed by atoms with Crippen molar-refractivity contribution in [2.75, 3.05) is 24.6 Å². The normalized spacial score (nSPS) is 14.8. The monoisotopic (exact) mass is 214 g/mol. The van der Waals surface area contributed by atoms with E-state index in [1.165, 1.54) is 11.8 Å². The Morgan fingerprint density at radius 2 is 2.69 bits per heavy atom. The van der Waals surface area contributed by atoms with Crippen molar-refractivity contribution in [1.82, 2.24) is 5.32 Å². The van der Waals surface area contributed by atoms with Gasteiger partial charge in [-0.2, -0.15) is 0 Å². The SMILES string of the molecule is C#CCNC(=O)CSC1=NCCS1. The number of hydrogen-bond donors (Lipinski definition) is 1. The Balaban J connectivity index is 2.11. The van der Waals surface area contributed by atoms with Crippen molar-refractivity contribution in [3.63, 3.8) is 0 Å². The van der Waals surface area contributed by atoms with Gasteiger partial charge >= 0.3 is 0 Å². The van der Waals surface area contributed by atoms with Crippen LogP contribution in [0.5, 0.6) is 0 Å². The molecule has 1 aliphatic rings. The molecule has 1 amide bonds. The van der Waals surface area contributed by atoms with Crippen LogP contribution >= 0.6 is 23.5 Å². The second-order valence-corrected chi connectivity index (χ2v) is 4.57. The number of rotatable bonds is 3. The molecule has 70 valence electrons. The van der Waals surface area contributed by atoms with E-state index in [0.717, 1.165) is 16.7 Å². The van der Waals surface area contributed by atoms with E-state index in [9.17, 15) is 4.79 Å². The molecule has 0 radical (unpaired) electrons. The van der Waals surface area contributed by atoms with E-state index in [-0.39, 0.29) is 5.91 Å². The second kappa shape index (κ2) is 5.95. The molecule has 13 heavy (non-hydrogen) atoms. The first-order chi connectivity index (χ1) is 6.33. The first-order valence-electron chi connectivity index (χ1n) is 3.83. The van der Waals surface area contributed by atoms with Gasteiger partial charge in [-0.3, -0.25) is 9.79 Å². The zero-order valence-electron chi connectivity index (χ0n) is 7.08. The van der Waals surface area contributed by atoms with Crippen molar-refractivity contribution < 1.29 is 4.79 Å². The summed E-state index contributed by atoms with van der Waals surface area (Å²) in [6.07, 6.45) is 5.00. The summed E-state index contributed by atoms with van der Waals surface area (Å²) in [5.74, 6) is 3.77. The molecule has 1 heterocycles. The zero-order chi connectivity index (χ0) is 9.52. The number of nitrogens with zero attached hydrogens (tertiary/aromatic N) is 1. The number of hydrogen-bond acceptors (Lipinski definition) is 4. The van der Waals surface area contributed by atoms with Crippen LogP contribution in [0.4, 0.5) is 0 Å². The summed E-state index contributed by atoms with van der Waals surface area (Å²) < 4.78 is 1.01. The van der Waals surface area contributed by atoms with Crippen molar-refractivity contribution in [2.24, 2.45) is 4.99 Å². The molecular weight excluding hydrogens is 204 g/mol. The minimum atomic E-state index is -0.0295. The average Bonchev–Trinajstić information content (AvgIpc) is 2.64. The van der Waals surface area contributed by atoms with Crippen molar-refractivity contribution >= 4 is 33.8 Å². The lowest BCUT2D eigenvalue weighted by atomic mass is 10.6. The van der Waals surface area contributed by atoms with E-state index in [1.807, 2.05) is 0 Å². The maximum Gasteiger partial charge on any atom is 0.231 e. The molecule has 0 fully saturated rings. The lowest BCUT2D eigenvalue weighted by molar-refractivity contribution is -0.118. The third kappa shape index (κ3) is 4.25. The van der Waals surface area contributed by atoms with Gasteiger partial charge in [-0.25, -0.2) is 0 Å². The zero-order valence-corrected chi connectivity index (χ0v) is 8.71. The maximum absolute atomic E-state index is 11.1. The summed E-state index contributed by atoms with van der Waals surface area (Å²) in [7, 11) is 0. The number of carbonyl (C=O) groups excluding carboxylic acids is 1. The van der Waals surface area contributed by atoms with Crippen LogP contribution in [0.3, 0.4) is 0 Å². The van der Waals surface area contributed by atoms with Gasteiger partial charge < -0.3 is 5.32 Å². The third-order valence-corrected chi connectivity index (χ3v) is 3.52. The molecule has 0 aliphatic carbocycles. The van der Waals surface area contributed by atoms with Crippen LogP contribution < -0.4 is 5.32 Å². The lowest BCUT2D eigenvalue weighted by Gasteiger charge is -2.00. The Hall–Kier alpha value is -0.600. The lowest BCUT2D eigenvalue weighted by Crippen LogP contribution is -2.25. The summed E-state index contributed by atoms with van der Waals surface area (Å²) in [5, 5.41) is 2.60. The molecule has 0 aromatic rings. The van der Waals surface area contributed by atoms with Crippen LogP contribution in [0.25, 0.3) is 0 Å². The fourth-order valence-electron chi connectivity index (χ4n) is 0.731. The van der Waals surface area contributed by atoms with Crippen molar-refractivity contribution in [2.45, 2.75) is 0 Å². The number of thioether (sulfide) groups is 2. The smallest absolute Gasteiger partial charge is 0.231 e. The predicted molar refractivity (Wildman–Crippen MR) is 59.1 cm³/mol. The van der Waals surface area contributed by atoms with E-state index < -0.39 is 0 Å².